The van der Waals surface area contributed by atoms with Crippen LogP contribution in [0.1, 0.15) is 45.9 Å². The quantitative estimate of drug-likeness (QED) is 0.116. The van der Waals surface area contributed by atoms with E-state index >= 15 is 0 Å². The van der Waals surface area contributed by atoms with Crippen LogP contribution in [0.4, 0.5) is 23.7 Å². The number of ether oxygens (including phenoxy) is 1. The topological polar surface area (TPSA) is 166 Å². The highest BCUT2D eigenvalue weighted by Gasteiger charge is 2.29. The summed E-state index contributed by atoms with van der Waals surface area (Å²) in [5.41, 5.74) is 3.64. The first-order valence-electron chi connectivity index (χ1n) is 15.8. The molecule has 0 saturated heterocycles. The number of aromatic nitrogens is 2. The lowest BCUT2D eigenvalue weighted by atomic mass is 10.1. The van der Waals surface area contributed by atoms with E-state index in [0.717, 1.165) is 21.8 Å². The van der Waals surface area contributed by atoms with Crippen LogP contribution < -0.4 is 25.5 Å². The highest BCUT2D eigenvalue weighted by Crippen LogP contribution is 2.18. The van der Waals surface area contributed by atoms with Gasteiger partial charge in [-0.1, -0.05) is 53.8 Å². The molecule has 5 rings (SSSR count). The number of amides is 3. The number of hydrogen-bond donors (Lipinski definition) is 4. The molecule has 0 aliphatic rings. The summed E-state index contributed by atoms with van der Waals surface area (Å²) in [5, 5.41) is 27.0. The summed E-state index contributed by atoms with van der Waals surface area (Å²) in [4.78, 5) is 49.8. The molecule has 3 aromatic carbocycles. The van der Waals surface area contributed by atoms with Crippen molar-refractivity contribution in [2.45, 2.75) is 58.6 Å². The molecule has 0 bridgehead atoms. The van der Waals surface area contributed by atoms with Crippen LogP contribution in [-0.4, -0.2) is 51.9 Å². The van der Waals surface area contributed by atoms with E-state index in [9.17, 15) is 32.7 Å². The molecule has 0 aliphatic heterocycles. The van der Waals surface area contributed by atoms with Gasteiger partial charge in [0.25, 0.3) is 0 Å². The highest BCUT2D eigenvalue weighted by molar-refractivity contribution is 7.16. The number of alkyl halides is 3. The van der Waals surface area contributed by atoms with Gasteiger partial charge in [0, 0.05) is 17.0 Å². The van der Waals surface area contributed by atoms with Crippen LogP contribution in [0.15, 0.2) is 91.3 Å². The maximum Gasteiger partial charge on any atom is 0.430 e. The van der Waals surface area contributed by atoms with Gasteiger partial charge in [0.15, 0.2) is 5.69 Å². The highest BCUT2D eigenvalue weighted by atomic mass is 32.1. The van der Waals surface area contributed by atoms with Gasteiger partial charge in [-0.2, -0.15) is 17.6 Å². The zero-order valence-electron chi connectivity index (χ0n) is 28.3. The Morgan fingerprint density at radius 2 is 1.58 bits per heavy atom. The first-order chi connectivity index (χ1) is 24.6. The van der Waals surface area contributed by atoms with Crippen molar-refractivity contribution in [3.05, 3.63) is 119 Å². The van der Waals surface area contributed by atoms with E-state index in [4.69, 9.17) is 14.6 Å². The number of urea groups is 1. The number of fused-ring (bicyclic) bond motifs is 1. The summed E-state index contributed by atoms with van der Waals surface area (Å²) in [6, 6.07) is 21.5. The van der Waals surface area contributed by atoms with E-state index in [-0.39, 0.29) is 30.7 Å². The molecular formula is C36H36F3N5O7S. The van der Waals surface area contributed by atoms with Crippen molar-refractivity contribution in [2.75, 3.05) is 5.32 Å². The fraction of sp³-hybridized carbons (Fsp3) is 0.250. The number of nitrogens with zero attached hydrogens (tertiary/aromatic N) is 2. The van der Waals surface area contributed by atoms with Gasteiger partial charge in [0.05, 0.1) is 18.2 Å². The zero-order valence-corrected chi connectivity index (χ0v) is 29.1. The summed E-state index contributed by atoms with van der Waals surface area (Å²) in [6.45, 7) is 6.50. The first kappa shape index (κ1) is 38.9. The molecule has 0 aliphatic carbocycles. The Bertz CT molecular complexity index is 2000. The number of imidazole rings is 1. The van der Waals surface area contributed by atoms with Crippen LogP contribution in [0.2, 0.25) is 0 Å². The van der Waals surface area contributed by atoms with Crippen LogP contribution >= 0.6 is 11.3 Å². The monoisotopic (exact) mass is 739 g/mol. The van der Waals surface area contributed by atoms with Crippen LogP contribution in [0.3, 0.4) is 0 Å². The lowest BCUT2D eigenvalue weighted by Crippen LogP contribution is -2.49. The molecule has 0 fully saturated rings. The van der Waals surface area contributed by atoms with Crippen molar-refractivity contribution in [3.63, 3.8) is 0 Å². The molecule has 1 atom stereocenters. The lowest BCUT2D eigenvalue weighted by molar-refractivity contribution is -0.506. The number of phenols is 1. The molecule has 0 spiro atoms. The SMILES string of the molecule is Cc1c[n+]2cc(CNC(=O)[C@H](Cc3ccc(O)cc3)NC(=O)Nc3ccc(C(=O)OC(C)C)cc3)n(Cc3ccccc3)c2s1.O=C([O-])C(F)(F)F. The molecule has 0 radical (unpaired) electrons. The Balaban J connectivity index is 0.000000785. The summed E-state index contributed by atoms with van der Waals surface area (Å²) in [5.74, 6) is -3.71. The molecule has 4 N–H and O–H groups in total. The fourth-order valence-electron chi connectivity index (χ4n) is 4.87. The number of aliphatic carboxylic acids is 1. The van der Waals surface area contributed by atoms with E-state index in [0.29, 0.717) is 17.8 Å². The number of carboxylic acids is 1. The van der Waals surface area contributed by atoms with Crippen molar-refractivity contribution < 1.29 is 51.7 Å². The van der Waals surface area contributed by atoms with Crippen molar-refractivity contribution in [3.8, 4) is 5.75 Å². The minimum absolute atomic E-state index is 0.109. The second-order valence-corrected chi connectivity index (χ2v) is 13.0. The maximum atomic E-state index is 13.6. The third-order valence-corrected chi connectivity index (χ3v) is 8.28. The minimum Gasteiger partial charge on any atom is -0.542 e. The van der Waals surface area contributed by atoms with Gasteiger partial charge < -0.3 is 35.7 Å². The number of rotatable bonds is 11. The number of halogens is 3. The standard InChI is InChI=1S/C34H35N5O5S.C2HF3O2/c1-22(2)44-32(42)26-11-13-27(14-12-26)36-33(43)37-30(17-24-9-15-29(40)16-10-24)31(41)35-18-28-21-38-19-23(3)45-34(38)39(28)20-25-7-5-4-6-8-25;3-2(4,5)1(6)7/h4-16,19,21-22,30H,17-18,20H2,1-3H3,(H3-,35,36,37,40,41,42,43);(H,6,7)/t30-;/m0./s1. The number of thiazole rings is 1. The van der Waals surface area contributed by atoms with E-state index in [1.807, 2.05) is 24.4 Å². The van der Waals surface area contributed by atoms with Crippen molar-refractivity contribution >= 4 is 45.9 Å². The fourth-order valence-corrected chi connectivity index (χ4v) is 5.82. The van der Waals surface area contributed by atoms with Crippen LogP contribution in [0.25, 0.3) is 4.96 Å². The average Bonchev–Trinajstić information content (AvgIpc) is 3.60. The molecular weight excluding hydrogens is 703 g/mol. The normalized spacial score (nSPS) is 11.7. The number of anilines is 1. The molecule has 0 saturated carbocycles. The molecule has 274 valence electrons. The molecule has 2 aromatic heterocycles. The van der Waals surface area contributed by atoms with E-state index in [1.165, 1.54) is 4.88 Å². The molecule has 16 heteroatoms. The number of carboxylic acid groups (broad SMARTS) is 1. The van der Waals surface area contributed by atoms with Gasteiger partial charge in [-0.05, 0) is 68.3 Å². The van der Waals surface area contributed by atoms with Crippen LogP contribution in [0, 0.1) is 6.92 Å². The maximum absolute atomic E-state index is 13.6. The number of carbonyl (C=O) groups is 4. The number of carbonyl (C=O) groups excluding carboxylic acids is 4. The Labute approximate surface area is 300 Å². The predicted octanol–water partition coefficient (Wildman–Crippen LogP) is 4.26. The molecule has 3 amide bonds. The number of esters is 1. The van der Waals surface area contributed by atoms with Crippen LogP contribution in [0.5, 0.6) is 5.75 Å². The van der Waals surface area contributed by atoms with Gasteiger partial charge in [0.1, 0.15) is 36.7 Å². The number of aryl methyl sites for hydroxylation is 1. The summed E-state index contributed by atoms with van der Waals surface area (Å²) in [6.07, 6.45) is -1.16. The molecule has 2 heterocycles. The number of aromatic hydroxyl groups is 1. The summed E-state index contributed by atoms with van der Waals surface area (Å²) < 4.78 is 41.0. The lowest BCUT2D eigenvalue weighted by Gasteiger charge is -2.19. The van der Waals surface area contributed by atoms with E-state index in [1.54, 1.807) is 73.7 Å². The van der Waals surface area contributed by atoms with Crippen LogP contribution in [-0.2, 0) is 33.8 Å². The smallest absolute Gasteiger partial charge is 0.430 e. The largest absolute Gasteiger partial charge is 0.542 e. The Kier molecular flexibility index (Phi) is 13.0. The number of benzene rings is 3. The zero-order chi connectivity index (χ0) is 38.0. The third kappa shape index (κ3) is 11.3. The summed E-state index contributed by atoms with van der Waals surface area (Å²) >= 11 is 1.68. The van der Waals surface area contributed by atoms with Gasteiger partial charge in [-0.25, -0.2) is 14.2 Å². The second kappa shape index (κ2) is 17.4. The number of nitrogens with one attached hydrogen (secondary N) is 3. The van der Waals surface area contributed by atoms with Gasteiger partial charge in [0.2, 0.25) is 5.91 Å². The van der Waals surface area contributed by atoms with E-state index < -0.39 is 30.2 Å². The van der Waals surface area contributed by atoms with Gasteiger partial charge in [-0.3, -0.25) is 4.79 Å². The predicted molar refractivity (Wildman–Crippen MR) is 183 cm³/mol. The first-order valence-corrected chi connectivity index (χ1v) is 16.7. The summed E-state index contributed by atoms with van der Waals surface area (Å²) in [7, 11) is 0. The average molecular weight is 740 g/mol. The van der Waals surface area contributed by atoms with Gasteiger partial charge in [-0.15, -0.1) is 0 Å². The Morgan fingerprint density at radius 3 is 2.17 bits per heavy atom. The minimum atomic E-state index is -5.19. The molecule has 0 unspecified atom stereocenters. The van der Waals surface area contributed by atoms with E-state index in [2.05, 4.69) is 50.2 Å². The third-order valence-electron chi connectivity index (χ3n) is 7.24. The van der Waals surface area contributed by atoms with Crippen molar-refractivity contribution in [2.24, 2.45) is 0 Å². The molecule has 52 heavy (non-hydrogen) atoms. The number of hydrogen-bond acceptors (Lipinski definition) is 8. The van der Waals surface area contributed by atoms with Crippen molar-refractivity contribution in [1.29, 1.82) is 0 Å². The second-order valence-electron chi connectivity index (χ2n) is 11.8. The molecule has 5 aromatic rings. The van der Waals surface area contributed by atoms with Crippen molar-refractivity contribution in [1.82, 2.24) is 15.2 Å². The number of phenolic OH excluding ortho intramolecular Hbond substituents is 1. The Morgan fingerprint density at radius 1 is 0.942 bits per heavy atom. The molecule has 12 nitrogen and oxygen atoms in total. The van der Waals surface area contributed by atoms with Gasteiger partial charge >= 0.3 is 23.1 Å². The Hall–Kier alpha value is -5.90.